The molecular formula is C33H41N7O5. The van der Waals surface area contributed by atoms with Gasteiger partial charge in [-0.3, -0.25) is 9.69 Å². The molecule has 6 rings (SSSR count). The molecule has 5 heterocycles. The van der Waals surface area contributed by atoms with E-state index in [1.807, 2.05) is 69.3 Å². The van der Waals surface area contributed by atoms with Crippen LogP contribution in [0.1, 0.15) is 43.2 Å². The van der Waals surface area contributed by atoms with Gasteiger partial charge in [-0.05, 0) is 57.4 Å². The van der Waals surface area contributed by atoms with Crippen LogP contribution in [0.15, 0.2) is 36.7 Å². The Morgan fingerprint density at radius 1 is 1.09 bits per heavy atom. The van der Waals surface area contributed by atoms with E-state index in [2.05, 4.69) is 20.2 Å². The van der Waals surface area contributed by atoms with Crippen LogP contribution in [0.3, 0.4) is 0 Å². The number of likely N-dealkylation sites (tertiary alicyclic amines) is 1. The topological polar surface area (TPSA) is 122 Å². The zero-order chi connectivity index (χ0) is 31.7. The molecule has 2 aromatic heterocycles. The van der Waals surface area contributed by atoms with Crippen molar-refractivity contribution in [3.05, 3.63) is 59.0 Å². The molecule has 0 radical (unpaired) electrons. The van der Waals surface area contributed by atoms with Crippen molar-refractivity contribution in [2.45, 2.75) is 52.7 Å². The van der Waals surface area contributed by atoms with Crippen LogP contribution < -0.4 is 19.9 Å². The van der Waals surface area contributed by atoms with Crippen molar-refractivity contribution in [3.63, 3.8) is 0 Å². The first-order chi connectivity index (χ1) is 21.6. The monoisotopic (exact) mass is 615 g/mol. The number of pyridine rings is 1. The van der Waals surface area contributed by atoms with Crippen LogP contribution in [0.5, 0.6) is 5.88 Å². The second kappa shape index (κ2) is 12.5. The van der Waals surface area contributed by atoms with E-state index in [0.717, 1.165) is 59.8 Å². The van der Waals surface area contributed by atoms with Gasteiger partial charge in [0.2, 0.25) is 17.7 Å². The van der Waals surface area contributed by atoms with E-state index >= 15 is 0 Å². The van der Waals surface area contributed by atoms with Gasteiger partial charge in [0.15, 0.2) is 0 Å². The maximum Gasteiger partial charge on any atom is 0.415 e. The normalized spacial score (nSPS) is 16.3. The summed E-state index contributed by atoms with van der Waals surface area (Å²) < 4.78 is 16.7. The quantitative estimate of drug-likeness (QED) is 0.412. The predicted octanol–water partition coefficient (Wildman–Crippen LogP) is 4.27. The number of ether oxygens (including phenoxy) is 3. The molecule has 238 valence electrons. The number of anilines is 4. The Bertz CT molecular complexity index is 1570. The minimum atomic E-state index is -0.611. The Hall–Kier alpha value is -4.45. The van der Waals surface area contributed by atoms with E-state index in [-0.39, 0.29) is 5.91 Å². The Balaban J connectivity index is 1.12. The number of hydrogen-bond acceptors (Lipinski definition) is 10. The van der Waals surface area contributed by atoms with E-state index in [4.69, 9.17) is 19.2 Å². The van der Waals surface area contributed by atoms with Crippen molar-refractivity contribution in [1.82, 2.24) is 19.9 Å². The van der Waals surface area contributed by atoms with Crippen molar-refractivity contribution in [3.8, 4) is 5.88 Å². The SMILES string of the molecule is COCC1CN(C(=O)Cc2ccc(Nc3ncc4c(n3)CN(c3cnc5c(c3C)N(C(=O)OC(C)(C)C)CCO5)CC4)cc2)C1. The zero-order valence-corrected chi connectivity index (χ0v) is 26.6. The molecular weight excluding hydrogens is 574 g/mol. The minimum absolute atomic E-state index is 0.139. The molecule has 3 aromatic rings. The first kappa shape index (κ1) is 30.6. The van der Waals surface area contributed by atoms with Gasteiger partial charge in [-0.15, -0.1) is 0 Å². The fourth-order valence-corrected chi connectivity index (χ4v) is 5.95. The highest BCUT2D eigenvalue weighted by molar-refractivity contribution is 5.92. The zero-order valence-electron chi connectivity index (χ0n) is 26.6. The van der Waals surface area contributed by atoms with E-state index in [0.29, 0.717) is 56.2 Å². The number of benzene rings is 1. The summed E-state index contributed by atoms with van der Waals surface area (Å²) in [4.78, 5) is 45.4. The number of hydrogen-bond donors (Lipinski definition) is 1. The molecule has 3 aliphatic heterocycles. The standard InChI is InChI=1S/C33H41N7O5/c1-21-27(16-34-30-29(21)40(12-13-44-30)32(42)45-33(2,3)4)38-11-10-24-15-35-31(37-26(24)19-38)36-25-8-6-22(7-9-25)14-28(41)39-17-23(18-39)20-43-5/h6-9,15-16,23H,10-14,17-20H2,1-5H3,(H,35,36,37). The van der Waals surface area contributed by atoms with E-state index in [9.17, 15) is 9.59 Å². The molecule has 0 aliphatic carbocycles. The van der Waals surface area contributed by atoms with E-state index in [1.165, 1.54) is 0 Å². The van der Waals surface area contributed by atoms with Crippen LogP contribution in [0.25, 0.3) is 0 Å². The highest BCUT2D eigenvalue weighted by Gasteiger charge is 2.33. The average molecular weight is 616 g/mol. The molecule has 1 N–H and O–H groups in total. The third-order valence-electron chi connectivity index (χ3n) is 8.25. The number of fused-ring (bicyclic) bond motifs is 2. The van der Waals surface area contributed by atoms with Gasteiger partial charge in [0.25, 0.3) is 0 Å². The first-order valence-corrected chi connectivity index (χ1v) is 15.4. The van der Waals surface area contributed by atoms with Crippen LogP contribution in [-0.2, 0) is 33.7 Å². The highest BCUT2D eigenvalue weighted by Crippen LogP contribution is 2.39. The summed E-state index contributed by atoms with van der Waals surface area (Å²) in [5, 5.41) is 3.31. The number of carbonyl (C=O) groups excluding carboxylic acids is 2. The Kier molecular flexibility index (Phi) is 8.50. The lowest BCUT2D eigenvalue weighted by Gasteiger charge is -2.39. The molecule has 3 aliphatic rings. The summed E-state index contributed by atoms with van der Waals surface area (Å²) in [6, 6.07) is 7.82. The second-order valence-electron chi connectivity index (χ2n) is 12.9. The predicted molar refractivity (Wildman–Crippen MR) is 170 cm³/mol. The van der Waals surface area contributed by atoms with Crippen LogP contribution >= 0.6 is 0 Å². The Morgan fingerprint density at radius 3 is 2.60 bits per heavy atom. The molecule has 0 saturated carbocycles. The fourth-order valence-electron chi connectivity index (χ4n) is 5.95. The van der Waals surface area contributed by atoms with E-state index < -0.39 is 11.7 Å². The molecule has 12 heteroatoms. The number of nitrogens with one attached hydrogen (secondary N) is 1. The van der Waals surface area contributed by atoms with Gasteiger partial charge in [0.05, 0.1) is 43.7 Å². The van der Waals surface area contributed by atoms with Crippen LogP contribution in [0.4, 0.5) is 27.8 Å². The lowest BCUT2D eigenvalue weighted by atomic mass is 10.00. The van der Waals surface area contributed by atoms with Gasteiger partial charge >= 0.3 is 6.09 Å². The van der Waals surface area contributed by atoms with Gasteiger partial charge < -0.3 is 29.3 Å². The maximum atomic E-state index is 13.1. The van der Waals surface area contributed by atoms with Gasteiger partial charge in [0.1, 0.15) is 17.9 Å². The molecule has 45 heavy (non-hydrogen) atoms. The number of amides is 2. The molecule has 2 amide bonds. The lowest BCUT2D eigenvalue weighted by Crippen LogP contribution is -2.52. The third-order valence-corrected chi connectivity index (χ3v) is 8.25. The molecule has 0 atom stereocenters. The number of nitrogens with zero attached hydrogens (tertiary/aromatic N) is 6. The molecule has 0 spiro atoms. The van der Waals surface area contributed by atoms with Crippen LogP contribution in [0, 0.1) is 12.8 Å². The molecule has 1 saturated heterocycles. The van der Waals surface area contributed by atoms with Crippen molar-refractivity contribution in [1.29, 1.82) is 0 Å². The molecule has 0 bridgehead atoms. The summed E-state index contributed by atoms with van der Waals surface area (Å²) in [6.07, 6.45) is 4.45. The van der Waals surface area contributed by atoms with Crippen molar-refractivity contribution >= 4 is 35.0 Å². The third kappa shape index (κ3) is 6.80. The molecule has 0 unspecified atom stereocenters. The lowest BCUT2D eigenvalue weighted by molar-refractivity contribution is -0.138. The van der Waals surface area contributed by atoms with Gasteiger partial charge in [-0.2, -0.15) is 0 Å². The summed E-state index contributed by atoms with van der Waals surface area (Å²) in [6.45, 7) is 11.9. The Morgan fingerprint density at radius 2 is 1.87 bits per heavy atom. The molecule has 1 aromatic carbocycles. The maximum absolute atomic E-state index is 13.1. The number of rotatable bonds is 7. The van der Waals surface area contributed by atoms with Crippen LogP contribution in [-0.4, -0.2) is 84.0 Å². The smallest absolute Gasteiger partial charge is 0.415 e. The summed E-state index contributed by atoms with van der Waals surface area (Å²) in [7, 11) is 1.69. The van der Waals surface area contributed by atoms with Crippen molar-refractivity contribution in [2.75, 3.05) is 61.6 Å². The van der Waals surface area contributed by atoms with Crippen molar-refractivity contribution < 1.29 is 23.8 Å². The van der Waals surface area contributed by atoms with Crippen molar-refractivity contribution in [2.24, 2.45) is 5.92 Å². The van der Waals surface area contributed by atoms with E-state index in [1.54, 1.807) is 12.0 Å². The summed E-state index contributed by atoms with van der Waals surface area (Å²) >= 11 is 0. The number of carbonyl (C=O) groups is 2. The van der Waals surface area contributed by atoms with Gasteiger partial charge in [0, 0.05) is 50.1 Å². The van der Waals surface area contributed by atoms with Crippen LogP contribution in [0.2, 0.25) is 0 Å². The molecule has 12 nitrogen and oxygen atoms in total. The first-order valence-electron chi connectivity index (χ1n) is 15.4. The summed E-state index contributed by atoms with van der Waals surface area (Å²) in [5.41, 5.74) is 5.71. The largest absolute Gasteiger partial charge is 0.474 e. The number of aromatic nitrogens is 3. The second-order valence-corrected chi connectivity index (χ2v) is 12.9. The number of methoxy groups -OCH3 is 1. The highest BCUT2D eigenvalue weighted by atomic mass is 16.6. The summed E-state index contributed by atoms with van der Waals surface area (Å²) in [5.74, 6) is 1.53. The van der Waals surface area contributed by atoms with Gasteiger partial charge in [-0.1, -0.05) is 12.1 Å². The Labute approximate surface area is 263 Å². The fraction of sp³-hybridized carbons (Fsp3) is 0.485. The van der Waals surface area contributed by atoms with Gasteiger partial charge in [-0.25, -0.2) is 19.7 Å². The minimum Gasteiger partial charge on any atom is -0.474 e. The molecule has 1 fully saturated rings. The average Bonchev–Trinajstić information content (AvgIpc) is 2.98.